The van der Waals surface area contributed by atoms with Gasteiger partial charge in [0.15, 0.2) is 5.15 Å². The molecule has 2 aromatic rings. The third-order valence-electron chi connectivity index (χ3n) is 2.90. The van der Waals surface area contributed by atoms with E-state index in [9.17, 15) is 8.78 Å². The van der Waals surface area contributed by atoms with Crippen LogP contribution in [-0.4, -0.2) is 4.98 Å². The summed E-state index contributed by atoms with van der Waals surface area (Å²) in [5, 5.41) is 3.43. The number of anilines is 1. The van der Waals surface area contributed by atoms with E-state index in [2.05, 4.69) is 10.3 Å². The van der Waals surface area contributed by atoms with Crippen molar-refractivity contribution in [3.05, 3.63) is 58.4 Å². The maximum absolute atomic E-state index is 13.7. The Morgan fingerprint density at radius 1 is 1.26 bits per heavy atom. The molecule has 0 saturated carbocycles. The number of rotatable bonds is 3. The van der Waals surface area contributed by atoms with Crippen molar-refractivity contribution >= 4 is 17.3 Å². The molecular weight excluding hydrogens is 270 g/mol. The topological polar surface area (TPSA) is 24.9 Å². The maximum Gasteiger partial charge on any atom is 0.152 e. The van der Waals surface area contributed by atoms with E-state index in [1.165, 1.54) is 12.1 Å². The Hall–Kier alpha value is -1.68. The summed E-state index contributed by atoms with van der Waals surface area (Å²) in [5.74, 6) is -1.18. The molecule has 2 nitrogen and oxygen atoms in total. The predicted molar refractivity (Wildman–Crippen MR) is 72.4 cm³/mol. The zero-order valence-corrected chi connectivity index (χ0v) is 11.3. The van der Waals surface area contributed by atoms with Gasteiger partial charge in [-0.1, -0.05) is 17.7 Å². The summed E-state index contributed by atoms with van der Waals surface area (Å²) in [6, 6.07) is 4.98. The Balaban J connectivity index is 2.28. The van der Waals surface area contributed by atoms with Gasteiger partial charge in [-0.3, -0.25) is 0 Å². The van der Waals surface area contributed by atoms with Gasteiger partial charge >= 0.3 is 0 Å². The molecule has 1 N–H and O–H groups in total. The molecule has 0 amide bonds. The fourth-order valence-corrected chi connectivity index (χ4v) is 2.11. The molecule has 2 rings (SSSR count). The lowest BCUT2D eigenvalue weighted by molar-refractivity contribution is 0.566. The molecule has 0 aliphatic rings. The van der Waals surface area contributed by atoms with E-state index in [-0.39, 0.29) is 6.04 Å². The van der Waals surface area contributed by atoms with Crippen LogP contribution >= 0.6 is 11.6 Å². The molecule has 19 heavy (non-hydrogen) atoms. The SMILES string of the molecule is Cc1ccnc(Cl)c1NC(C)c1ccc(F)cc1F. The standard InChI is InChI=1S/C14H13ClF2N2/c1-8-5-6-18-14(15)13(8)19-9(2)11-4-3-10(16)7-12(11)17/h3-7,9,19H,1-2H3. The highest BCUT2D eigenvalue weighted by molar-refractivity contribution is 6.32. The average molecular weight is 283 g/mol. The smallest absolute Gasteiger partial charge is 0.152 e. The van der Waals surface area contributed by atoms with Gasteiger partial charge in [0.25, 0.3) is 0 Å². The second kappa shape index (κ2) is 5.53. The lowest BCUT2D eigenvalue weighted by Gasteiger charge is -2.18. The largest absolute Gasteiger partial charge is 0.376 e. The van der Waals surface area contributed by atoms with Crippen LogP contribution in [0.25, 0.3) is 0 Å². The van der Waals surface area contributed by atoms with Gasteiger partial charge in [0, 0.05) is 17.8 Å². The van der Waals surface area contributed by atoms with Gasteiger partial charge < -0.3 is 5.32 Å². The third-order valence-corrected chi connectivity index (χ3v) is 3.19. The normalized spacial score (nSPS) is 12.3. The van der Waals surface area contributed by atoms with E-state index in [1.54, 1.807) is 13.1 Å². The quantitative estimate of drug-likeness (QED) is 0.839. The number of hydrogen-bond acceptors (Lipinski definition) is 2. The van der Waals surface area contributed by atoms with Crippen LogP contribution in [0.2, 0.25) is 5.15 Å². The monoisotopic (exact) mass is 282 g/mol. The van der Waals surface area contributed by atoms with Gasteiger partial charge in [0.1, 0.15) is 11.6 Å². The lowest BCUT2D eigenvalue weighted by atomic mass is 10.1. The second-order valence-electron chi connectivity index (χ2n) is 4.33. The van der Waals surface area contributed by atoms with Crippen molar-refractivity contribution in [3.63, 3.8) is 0 Å². The van der Waals surface area contributed by atoms with E-state index in [1.807, 2.05) is 13.0 Å². The van der Waals surface area contributed by atoms with Crippen LogP contribution < -0.4 is 5.32 Å². The molecular formula is C14H13ClF2N2. The first-order valence-electron chi connectivity index (χ1n) is 5.81. The molecule has 1 unspecified atom stereocenters. The van der Waals surface area contributed by atoms with Gasteiger partial charge in [-0.25, -0.2) is 13.8 Å². The highest BCUT2D eigenvalue weighted by Gasteiger charge is 2.14. The summed E-state index contributed by atoms with van der Waals surface area (Å²) >= 11 is 6.00. The van der Waals surface area contributed by atoms with E-state index >= 15 is 0 Å². The molecule has 1 heterocycles. The van der Waals surface area contributed by atoms with Gasteiger partial charge in [0.2, 0.25) is 0 Å². The summed E-state index contributed by atoms with van der Waals surface area (Å²) in [4.78, 5) is 3.97. The molecule has 100 valence electrons. The summed E-state index contributed by atoms with van der Waals surface area (Å²) in [6.45, 7) is 3.66. The Morgan fingerprint density at radius 3 is 2.63 bits per heavy atom. The highest BCUT2D eigenvalue weighted by Crippen LogP contribution is 2.28. The summed E-state index contributed by atoms with van der Waals surface area (Å²) in [7, 11) is 0. The number of aromatic nitrogens is 1. The maximum atomic E-state index is 13.7. The van der Waals surface area contributed by atoms with E-state index in [0.29, 0.717) is 16.4 Å². The molecule has 0 bridgehead atoms. The number of nitrogens with one attached hydrogen (secondary N) is 1. The number of nitrogens with zero attached hydrogens (tertiary/aromatic N) is 1. The van der Waals surface area contributed by atoms with Crippen LogP contribution in [0.3, 0.4) is 0 Å². The first-order chi connectivity index (χ1) is 8.99. The molecule has 0 fully saturated rings. The zero-order valence-electron chi connectivity index (χ0n) is 10.5. The van der Waals surface area contributed by atoms with E-state index in [0.717, 1.165) is 11.6 Å². The van der Waals surface area contributed by atoms with Crippen molar-refractivity contribution in [2.24, 2.45) is 0 Å². The summed E-state index contributed by atoms with van der Waals surface area (Å²) < 4.78 is 26.6. The molecule has 0 radical (unpaired) electrons. The van der Waals surface area contributed by atoms with Crippen molar-refractivity contribution in [1.29, 1.82) is 0 Å². The van der Waals surface area contributed by atoms with Crippen LogP contribution in [0.5, 0.6) is 0 Å². The Morgan fingerprint density at radius 2 is 2.00 bits per heavy atom. The minimum Gasteiger partial charge on any atom is -0.376 e. The molecule has 1 aromatic carbocycles. The van der Waals surface area contributed by atoms with Crippen LogP contribution in [0.15, 0.2) is 30.5 Å². The first-order valence-corrected chi connectivity index (χ1v) is 6.19. The third kappa shape index (κ3) is 3.01. The van der Waals surface area contributed by atoms with Crippen molar-refractivity contribution in [2.45, 2.75) is 19.9 Å². The average Bonchev–Trinajstić information content (AvgIpc) is 2.33. The number of halogens is 3. The molecule has 0 aliphatic heterocycles. The first kappa shape index (κ1) is 13.7. The van der Waals surface area contributed by atoms with Gasteiger partial charge in [-0.2, -0.15) is 0 Å². The van der Waals surface area contributed by atoms with Crippen LogP contribution in [0.4, 0.5) is 14.5 Å². The molecule has 1 atom stereocenters. The second-order valence-corrected chi connectivity index (χ2v) is 4.68. The fourth-order valence-electron chi connectivity index (χ4n) is 1.85. The molecule has 5 heteroatoms. The van der Waals surface area contributed by atoms with Crippen LogP contribution in [0.1, 0.15) is 24.1 Å². The summed E-state index contributed by atoms with van der Waals surface area (Å²) in [6.07, 6.45) is 1.60. The molecule has 0 aliphatic carbocycles. The highest BCUT2D eigenvalue weighted by atomic mass is 35.5. The lowest BCUT2D eigenvalue weighted by Crippen LogP contribution is -2.10. The number of hydrogen-bond donors (Lipinski definition) is 1. The summed E-state index contributed by atoms with van der Waals surface area (Å²) in [5.41, 5.74) is 1.94. The van der Waals surface area contributed by atoms with Crippen molar-refractivity contribution in [1.82, 2.24) is 4.98 Å². The van der Waals surface area contributed by atoms with Gasteiger partial charge in [-0.05, 0) is 31.5 Å². The minimum absolute atomic E-state index is 0.328. The van der Waals surface area contributed by atoms with E-state index in [4.69, 9.17) is 11.6 Å². The molecule has 1 aromatic heterocycles. The zero-order chi connectivity index (χ0) is 14.0. The number of pyridine rings is 1. The Bertz CT molecular complexity index is 582. The predicted octanol–water partition coefficient (Wildman–Crippen LogP) is 4.49. The van der Waals surface area contributed by atoms with Crippen molar-refractivity contribution in [2.75, 3.05) is 5.32 Å². The Labute approximate surface area is 115 Å². The van der Waals surface area contributed by atoms with Crippen LogP contribution in [-0.2, 0) is 0 Å². The number of aryl methyl sites for hydroxylation is 1. The molecule has 0 spiro atoms. The van der Waals surface area contributed by atoms with Crippen molar-refractivity contribution in [3.8, 4) is 0 Å². The van der Waals surface area contributed by atoms with Gasteiger partial charge in [0.05, 0.1) is 11.7 Å². The van der Waals surface area contributed by atoms with Gasteiger partial charge in [-0.15, -0.1) is 0 Å². The fraction of sp³-hybridized carbons (Fsp3) is 0.214. The number of benzene rings is 1. The molecule has 0 saturated heterocycles. The minimum atomic E-state index is -0.593. The van der Waals surface area contributed by atoms with E-state index < -0.39 is 11.6 Å². The van der Waals surface area contributed by atoms with Crippen LogP contribution in [0, 0.1) is 18.6 Å². The van der Waals surface area contributed by atoms with Crippen molar-refractivity contribution < 1.29 is 8.78 Å². The Kier molecular flexibility index (Phi) is 4.00.